The Labute approximate surface area is 106 Å². The molecule has 1 saturated heterocycles. The van der Waals surface area contributed by atoms with Crippen molar-refractivity contribution in [3.8, 4) is 0 Å². The second kappa shape index (κ2) is 5.82. The van der Waals surface area contributed by atoms with E-state index in [4.69, 9.17) is 4.74 Å². The van der Waals surface area contributed by atoms with E-state index in [1.165, 1.54) is 0 Å². The highest BCUT2D eigenvalue weighted by molar-refractivity contribution is 5.55. The number of aryl methyl sites for hydroxylation is 1. The van der Waals surface area contributed by atoms with Gasteiger partial charge in [-0.2, -0.15) is 0 Å². The Morgan fingerprint density at radius 3 is 3.00 bits per heavy atom. The van der Waals surface area contributed by atoms with Crippen molar-refractivity contribution in [2.24, 2.45) is 0 Å². The summed E-state index contributed by atoms with van der Waals surface area (Å²) in [5.74, 6) is 0. The molecule has 2 rings (SSSR count). The zero-order valence-electron chi connectivity index (χ0n) is 10.5. The normalized spacial score (nSPS) is 19.5. The predicted octanol–water partition coefficient (Wildman–Crippen LogP) is 2.75. The van der Waals surface area contributed by atoms with Crippen molar-refractivity contribution < 1.29 is 9.66 Å². The standard InChI is InChI=1S/C13H18N2O3/c1-2-10-5-6-11(8-13(10)15(16)17)14-12-4-3-7-18-9-12/h5-6,8,12,14H,2-4,7,9H2,1H3. The number of ether oxygens (including phenoxy) is 1. The lowest BCUT2D eigenvalue weighted by atomic mass is 10.1. The van der Waals surface area contributed by atoms with Gasteiger partial charge in [0, 0.05) is 30.0 Å². The van der Waals surface area contributed by atoms with Crippen molar-refractivity contribution >= 4 is 11.4 Å². The number of nitrogens with one attached hydrogen (secondary N) is 1. The second-order valence-electron chi connectivity index (χ2n) is 4.51. The minimum absolute atomic E-state index is 0.194. The second-order valence-corrected chi connectivity index (χ2v) is 4.51. The number of rotatable bonds is 4. The van der Waals surface area contributed by atoms with Crippen molar-refractivity contribution in [3.63, 3.8) is 0 Å². The van der Waals surface area contributed by atoms with Crippen LogP contribution >= 0.6 is 0 Å². The molecule has 98 valence electrons. The fraction of sp³-hybridized carbons (Fsp3) is 0.538. The fourth-order valence-electron chi connectivity index (χ4n) is 2.21. The summed E-state index contributed by atoms with van der Waals surface area (Å²) in [4.78, 5) is 10.7. The Morgan fingerprint density at radius 2 is 2.39 bits per heavy atom. The molecular formula is C13H18N2O3. The lowest BCUT2D eigenvalue weighted by Gasteiger charge is -2.24. The van der Waals surface area contributed by atoms with Crippen LogP contribution in [0.25, 0.3) is 0 Å². The van der Waals surface area contributed by atoms with E-state index in [2.05, 4.69) is 5.32 Å². The van der Waals surface area contributed by atoms with Crippen LogP contribution in [-0.2, 0) is 11.2 Å². The van der Waals surface area contributed by atoms with Gasteiger partial charge in [-0.25, -0.2) is 0 Å². The Morgan fingerprint density at radius 1 is 1.56 bits per heavy atom. The number of hydrogen-bond donors (Lipinski definition) is 1. The maximum absolute atomic E-state index is 11.0. The molecule has 1 heterocycles. The van der Waals surface area contributed by atoms with Gasteiger partial charge in [0.2, 0.25) is 0 Å². The van der Waals surface area contributed by atoms with E-state index >= 15 is 0 Å². The number of benzene rings is 1. The van der Waals surface area contributed by atoms with Gasteiger partial charge in [0.1, 0.15) is 0 Å². The summed E-state index contributed by atoms with van der Waals surface area (Å²) in [5, 5.41) is 14.3. The lowest BCUT2D eigenvalue weighted by Crippen LogP contribution is -2.29. The molecular weight excluding hydrogens is 232 g/mol. The first-order chi connectivity index (χ1) is 8.70. The molecule has 18 heavy (non-hydrogen) atoms. The predicted molar refractivity (Wildman–Crippen MR) is 69.9 cm³/mol. The van der Waals surface area contributed by atoms with Gasteiger partial charge in [-0.15, -0.1) is 0 Å². The number of nitro groups is 1. The summed E-state index contributed by atoms with van der Waals surface area (Å²) in [6.45, 7) is 3.40. The third kappa shape index (κ3) is 2.98. The summed E-state index contributed by atoms with van der Waals surface area (Å²) in [6, 6.07) is 5.60. The first-order valence-corrected chi connectivity index (χ1v) is 6.32. The molecule has 0 bridgehead atoms. The van der Waals surface area contributed by atoms with Gasteiger partial charge in [-0.05, 0) is 25.3 Å². The third-order valence-electron chi connectivity index (χ3n) is 3.19. The number of hydrogen-bond acceptors (Lipinski definition) is 4. The van der Waals surface area contributed by atoms with Crippen molar-refractivity contribution in [2.45, 2.75) is 32.2 Å². The molecule has 5 nitrogen and oxygen atoms in total. The topological polar surface area (TPSA) is 64.4 Å². The van der Waals surface area contributed by atoms with Crippen LogP contribution in [0.4, 0.5) is 11.4 Å². The molecule has 0 saturated carbocycles. The smallest absolute Gasteiger partial charge is 0.274 e. The van der Waals surface area contributed by atoms with Gasteiger partial charge in [-0.3, -0.25) is 10.1 Å². The molecule has 0 spiro atoms. The highest BCUT2D eigenvalue weighted by Gasteiger charge is 2.17. The Kier molecular flexibility index (Phi) is 4.15. The van der Waals surface area contributed by atoms with Gasteiger partial charge in [-0.1, -0.05) is 13.0 Å². The molecule has 1 aliphatic rings. The van der Waals surface area contributed by atoms with Crippen LogP contribution < -0.4 is 5.32 Å². The first-order valence-electron chi connectivity index (χ1n) is 6.32. The van der Waals surface area contributed by atoms with Gasteiger partial charge >= 0.3 is 0 Å². The fourth-order valence-corrected chi connectivity index (χ4v) is 2.21. The van der Waals surface area contributed by atoms with Crippen LogP contribution in [0.1, 0.15) is 25.3 Å². The van der Waals surface area contributed by atoms with Crippen LogP contribution in [0.3, 0.4) is 0 Å². The molecule has 0 aliphatic carbocycles. The van der Waals surface area contributed by atoms with Gasteiger partial charge < -0.3 is 10.1 Å². The van der Waals surface area contributed by atoms with Gasteiger partial charge in [0.25, 0.3) is 5.69 Å². The van der Waals surface area contributed by atoms with E-state index in [-0.39, 0.29) is 16.7 Å². The summed E-state index contributed by atoms with van der Waals surface area (Å²) >= 11 is 0. The van der Waals surface area contributed by atoms with Crippen LogP contribution in [0.15, 0.2) is 18.2 Å². The van der Waals surface area contributed by atoms with Crippen molar-refractivity contribution in [1.29, 1.82) is 0 Å². The van der Waals surface area contributed by atoms with E-state index in [0.29, 0.717) is 13.0 Å². The highest BCUT2D eigenvalue weighted by atomic mass is 16.6. The SMILES string of the molecule is CCc1ccc(NC2CCCOC2)cc1[N+](=O)[O-]. The van der Waals surface area contributed by atoms with E-state index < -0.39 is 0 Å². The molecule has 1 aromatic carbocycles. The van der Waals surface area contributed by atoms with Gasteiger partial charge in [0.05, 0.1) is 11.5 Å². The van der Waals surface area contributed by atoms with Crippen molar-refractivity contribution in [3.05, 3.63) is 33.9 Å². The Hall–Kier alpha value is -1.62. The molecule has 0 amide bonds. The summed E-state index contributed by atoms with van der Waals surface area (Å²) in [5.41, 5.74) is 1.76. The zero-order valence-corrected chi connectivity index (χ0v) is 10.5. The monoisotopic (exact) mass is 250 g/mol. The van der Waals surface area contributed by atoms with Gasteiger partial charge in [0.15, 0.2) is 0 Å². The average Bonchev–Trinajstić information content (AvgIpc) is 2.40. The van der Waals surface area contributed by atoms with E-state index in [0.717, 1.165) is 30.7 Å². The molecule has 1 aliphatic heterocycles. The molecule has 0 aromatic heterocycles. The molecule has 5 heteroatoms. The van der Waals surface area contributed by atoms with E-state index in [1.807, 2.05) is 19.1 Å². The van der Waals surface area contributed by atoms with Crippen molar-refractivity contribution in [2.75, 3.05) is 18.5 Å². The van der Waals surface area contributed by atoms with Crippen LogP contribution in [-0.4, -0.2) is 24.2 Å². The quantitative estimate of drug-likeness (QED) is 0.659. The summed E-state index contributed by atoms with van der Waals surface area (Å²) in [6.07, 6.45) is 2.75. The zero-order chi connectivity index (χ0) is 13.0. The minimum Gasteiger partial charge on any atom is -0.380 e. The lowest BCUT2D eigenvalue weighted by molar-refractivity contribution is -0.385. The Bertz CT molecular complexity index is 428. The molecule has 0 radical (unpaired) electrons. The molecule has 1 unspecified atom stereocenters. The van der Waals surface area contributed by atoms with Crippen LogP contribution in [0, 0.1) is 10.1 Å². The maximum atomic E-state index is 11.0. The van der Waals surface area contributed by atoms with Crippen LogP contribution in [0.5, 0.6) is 0 Å². The summed E-state index contributed by atoms with van der Waals surface area (Å²) in [7, 11) is 0. The Balaban J connectivity index is 2.13. The number of nitro benzene ring substituents is 1. The molecule has 1 N–H and O–H groups in total. The van der Waals surface area contributed by atoms with E-state index in [1.54, 1.807) is 6.07 Å². The third-order valence-corrected chi connectivity index (χ3v) is 3.19. The molecule has 1 atom stereocenters. The van der Waals surface area contributed by atoms with Crippen LogP contribution in [0.2, 0.25) is 0 Å². The maximum Gasteiger partial charge on any atom is 0.274 e. The summed E-state index contributed by atoms with van der Waals surface area (Å²) < 4.78 is 5.38. The molecule has 1 fully saturated rings. The first kappa shape index (κ1) is 12.8. The van der Waals surface area contributed by atoms with Crippen molar-refractivity contribution in [1.82, 2.24) is 0 Å². The highest BCUT2D eigenvalue weighted by Crippen LogP contribution is 2.25. The average molecular weight is 250 g/mol. The largest absolute Gasteiger partial charge is 0.380 e. The minimum atomic E-state index is -0.318. The van der Waals surface area contributed by atoms with E-state index in [9.17, 15) is 10.1 Å². The number of nitrogens with zero attached hydrogens (tertiary/aromatic N) is 1. The molecule has 1 aromatic rings. The number of anilines is 1.